The van der Waals surface area contributed by atoms with Gasteiger partial charge in [-0.15, -0.1) is 0 Å². The SMILES string of the molecule is CCC(N)(C(=O)O)C(O)CC/C=C/CCc1ccc(CC(F)(F)F)cc1. The van der Waals surface area contributed by atoms with Crippen molar-refractivity contribution in [3.05, 3.63) is 47.5 Å². The van der Waals surface area contributed by atoms with E-state index in [0.29, 0.717) is 19.3 Å². The van der Waals surface area contributed by atoms with Gasteiger partial charge in [0.1, 0.15) is 5.54 Å². The average molecular weight is 373 g/mol. The Balaban J connectivity index is 2.36. The molecule has 1 aromatic carbocycles. The highest BCUT2D eigenvalue weighted by atomic mass is 19.4. The van der Waals surface area contributed by atoms with Crippen LogP contribution in [0.2, 0.25) is 0 Å². The van der Waals surface area contributed by atoms with Gasteiger partial charge < -0.3 is 15.9 Å². The summed E-state index contributed by atoms with van der Waals surface area (Å²) in [6.45, 7) is 1.62. The number of carbonyl (C=O) groups is 1. The summed E-state index contributed by atoms with van der Waals surface area (Å²) in [5.74, 6) is -1.22. The van der Waals surface area contributed by atoms with Gasteiger partial charge in [0, 0.05) is 0 Å². The number of rotatable bonds is 10. The summed E-state index contributed by atoms with van der Waals surface area (Å²) in [6.07, 6.45) is -0.225. The lowest BCUT2D eigenvalue weighted by Crippen LogP contribution is -2.56. The zero-order valence-electron chi connectivity index (χ0n) is 14.8. The zero-order chi connectivity index (χ0) is 19.8. The molecule has 26 heavy (non-hydrogen) atoms. The van der Waals surface area contributed by atoms with Crippen molar-refractivity contribution in [1.82, 2.24) is 0 Å². The molecule has 0 heterocycles. The number of nitrogens with two attached hydrogens (primary N) is 1. The molecule has 0 saturated heterocycles. The number of benzene rings is 1. The predicted molar refractivity (Wildman–Crippen MR) is 93.7 cm³/mol. The van der Waals surface area contributed by atoms with Crippen LogP contribution in [0.25, 0.3) is 0 Å². The van der Waals surface area contributed by atoms with Gasteiger partial charge >= 0.3 is 12.1 Å². The van der Waals surface area contributed by atoms with E-state index in [2.05, 4.69) is 0 Å². The quantitative estimate of drug-likeness (QED) is 0.547. The van der Waals surface area contributed by atoms with Gasteiger partial charge in [-0.1, -0.05) is 43.3 Å². The van der Waals surface area contributed by atoms with Gasteiger partial charge in [-0.3, -0.25) is 4.79 Å². The van der Waals surface area contributed by atoms with Gasteiger partial charge in [-0.25, -0.2) is 0 Å². The zero-order valence-corrected chi connectivity index (χ0v) is 14.8. The van der Waals surface area contributed by atoms with Crippen molar-refractivity contribution < 1.29 is 28.2 Å². The maximum absolute atomic E-state index is 12.3. The molecule has 2 unspecified atom stereocenters. The molecule has 7 heteroatoms. The van der Waals surface area contributed by atoms with Gasteiger partial charge in [0.2, 0.25) is 0 Å². The topological polar surface area (TPSA) is 83.6 Å². The van der Waals surface area contributed by atoms with Gasteiger partial charge in [-0.2, -0.15) is 13.2 Å². The maximum atomic E-state index is 12.3. The molecule has 0 amide bonds. The summed E-state index contributed by atoms with van der Waals surface area (Å²) in [5.41, 5.74) is 5.26. The largest absolute Gasteiger partial charge is 0.480 e. The van der Waals surface area contributed by atoms with Crippen molar-refractivity contribution in [3.63, 3.8) is 0 Å². The molecule has 0 bridgehead atoms. The molecular weight excluding hydrogens is 347 g/mol. The standard InChI is InChI=1S/C19H26F3NO3/c1-2-18(23,17(25)26)16(24)8-6-4-3-5-7-14-9-11-15(12-10-14)13-19(20,21)22/h3-4,9-12,16,24H,2,5-8,13,23H2,1H3,(H,25,26)/b4-3+. The van der Waals surface area contributed by atoms with E-state index in [4.69, 9.17) is 10.8 Å². The Kier molecular flexibility index (Phi) is 8.30. The van der Waals surface area contributed by atoms with E-state index < -0.39 is 30.2 Å². The smallest absolute Gasteiger partial charge is 0.393 e. The number of hydrogen-bond acceptors (Lipinski definition) is 3. The Morgan fingerprint density at radius 2 is 1.69 bits per heavy atom. The number of aliphatic carboxylic acids is 1. The number of alkyl halides is 3. The molecule has 0 aromatic heterocycles. The minimum atomic E-state index is -4.20. The Morgan fingerprint density at radius 1 is 1.15 bits per heavy atom. The van der Waals surface area contributed by atoms with Gasteiger partial charge in [0.15, 0.2) is 0 Å². The Hall–Kier alpha value is -1.86. The first-order chi connectivity index (χ1) is 12.1. The monoisotopic (exact) mass is 373 g/mol. The van der Waals surface area contributed by atoms with Crippen molar-refractivity contribution in [2.75, 3.05) is 0 Å². The lowest BCUT2D eigenvalue weighted by molar-refractivity contribution is -0.148. The molecule has 4 nitrogen and oxygen atoms in total. The molecule has 4 N–H and O–H groups in total. The molecule has 0 aliphatic rings. The third-order valence-corrected chi connectivity index (χ3v) is 4.38. The van der Waals surface area contributed by atoms with Crippen LogP contribution in [0.15, 0.2) is 36.4 Å². The van der Waals surface area contributed by atoms with E-state index in [1.165, 1.54) is 12.1 Å². The van der Waals surface area contributed by atoms with Crippen LogP contribution in [0, 0.1) is 0 Å². The van der Waals surface area contributed by atoms with Crippen LogP contribution in [0.5, 0.6) is 0 Å². The Morgan fingerprint density at radius 3 is 2.19 bits per heavy atom. The summed E-state index contributed by atoms with van der Waals surface area (Å²) >= 11 is 0. The molecule has 2 atom stereocenters. The average Bonchev–Trinajstić information content (AvgIpc) is 2.56. The van der Waals surface area contributed by atoms with E-state index in [1.807, 2.05) is 12.2 Å². The van der Waals surface area contributed by atoms with Crippen LogP contribution < -0.4 is 5.73 Å². The number of carboxylic acids is 1. The van der Waals surface area contributed by atoms with E-state index in [9.17, 15) is 23.1 Å². The van der Waals surface area contributed by atoms with Crippen molar-refractivity contribution in [2.24, 2.45) is 5.73 Å². The van der Waals surface area contributed by atoms with Gasteiger partial charge in [-0.05, 0) is 43.2 Å². The van der Waals surface area contributed by atoms with E-state index in [0.717, 1.165) is 5.56 Å². The highest BCUT2D eigenvalue weighted by Crippen LogP contribution is 2.21. The molecule has 0 aliphatic carbocycles. The molecule has 0 spiro atoms. The first-order valence-corrected chi connectivity index (χ1v) is 8.58. The number of allylic oxidation sites excluding steroid dienone is 2. The molecule has 0 radical (unpaired) electrons. The number of halogens is 3. The van der Waals surface area contributed by atoms with Crippen LogP contribution in [0.3, 0.4) is 0 Å². The van der Waals surface area contributed by atoms with Crippen molar-refractivity contribution in [2.45, 2.75) is 63.3 Å². The van der Waals surface area contributed by atoms with Crippen LogP contribution in [-0.2, 0) is 17.6 Å². The number of aliphatic hydroxyl groups is 1. The normalized spacial score (nSPS) is 15.8. The first kappa shape index (κ1) is 22.2. The van der Waals surface area contributed by atoms with Crippen molar-refractivity contribution >= 4 is 5.97 Å². The Bertz CT molecular complexity index is 599. The minimum absolute atomic E-state index is 0.136. The molecule has 146 valence electrons. The second-order valence-electron chi connectivity index (χ2n) is 6.41. The van der Waals surface area contributed by atoms with Crippen LogP contribution >= 0.6 is 0 Å². The summed E-state index contributed by atoms with van der Waals surface area (Å²) in [6, 6.07) is 6.35. The number of carboxylic acid groups (broad SMARTS) is 1. The minimum Gasteiger partial charge on any atom is -0.480 e. The second-order valence-corrected chi connectivity index (χ2v) is 6.41. The number of aliphatic hydroxyl groups excluding tert-OH is 1. The fraction of sp³-hybridized carbons (Fsp3) is 0.526. The highest BCUT2D eigenvalue weighted by Gasteiger charge is 2.39. The second kappa shape index (κ2) is 9.73. The lowest BCUT2D eigenvalue weighted by atomic mass is 9.88. The predicted octanol–water partition coefficient (Wildman–Crippen LogP) is 3.61. The fourth-order valence-electron chi connectivity index (χ4n) is 2.58. The fourth-order valence-corrected chi connectivity index (χ4v) is 2.58. The van der Waals surface area contributed by atoms with Crippen molar-refractivity contribution in [1.29, 1.82) is 0 Å². The summed E-state index contributed by atoms with van der Waals surface area (Å²) in [4.78, 5) is 11.1. The third-order valence-electron chi connectivity index (χ3n) is 4.38. The van der Waals surface area contributed by atoms with Gasteiger partial charge in [0.25, 0.3) is 0 Å². The van der Waals surface area contributed by atoms with E-state index in [1.54, 1.807) is 19.1 Å². The molecule has 0 saturated carbocycles. The van der Waals surface area contributed by atoms with E-state index in [-0.39, 0.29) is 18.4 Å². The molecule has 0 aliphatic heterocycles. The van der Waals surface area contributed by atoms with E-state index >= 15 is 0 Å². The third kappa shape index (κ3) is 7.17. The maximum Gasteiger partial charge on any atom is 0.393 e. The van der Waals surface area contributed by atoms with Crippen LogP contribution in [0.1, 0.15) is 43.7 Å². The highest BCUT2D eigenvalue weighted by molar-refractivity contribution is 5.79. The summed E-state index contributed by atoms with van der Waals surface area (Å²) < 4.78 is 36.9. The molecule has 1 rings (SSSR count). The number of aryl methyl sites for hydroxylation is 1. The summed E-state index contributed by atoms with van der Waals surface area (Å²) in [7, 11) is 0. The summed E-state index contributed by atoms with van der Waals surface area (Å²) in [5, 5.41) is 19.0. The molecule has 1 aromatic rings. The lowest BCUT2D eigenvalue weighted by Gasteiger charge is -2.28. The van der Waals surface area contributed by atoms with Crippen molar-refractivity contribution in [3.8, 4) is 0 Å². The van der Waals surface area contributed by atoms with Gasteiger partial charge in [0.05, 0.1) is 12.5 Å². The Labute approximate surface area is 151 Å². The number of hydrogen-bond donors (Lipinski definition) is 3. The first-order valence-electron chi connectivity index (χ1n) is 8.58. The van der Waals surface area contributed by atoms with Crippen LogP contribution in [-0.4, -0.2) is 34.0 Å². The molecular formula is C19H26F3NO3. The van der Waals surface area contributed by atoms with Crippen LogP contribution in [0.4, 0.5) is 13.2 Å². The molecule has 0 fully saturated rings.